The number of pyridine rings is 1. The monoisotopic (exact) mass is 552 g/mol. The van der Waals surface area contributed by atoms with Gasteiger partial charge in [-0.3, -0.25) is 19.6 Å². The van der Waals surface area contributed by atoms with Crippen LogP contribution in [0.2, 0.25) is 0 Å². The van der Waals surface area contributed by atoms with Crippen molar-refractivity contribution in [3.63, 3.8) is 0 Å². The minimum Gasteiger partial charge on any atom is -0.382 e. The maximum absolute atomic E-state index is 13.1. The predicted octanol–water partition coefficient (Wildman–Crippen LogP) is 0.0279. The predicted molar refractivity (Wildman–Crippen MR) is 141 cm³/mol. The maximum Gasteiger partial charge on any atom is 0.347 e. The van der Waals surface area contributed by atoms with Gasteiger partial charge in [0.05, 0.1) is 11.4 Å². The Labute approximate surface area is 222 Å². The number of hydrogen-bond acceptors (Lipinski definition) is 10. The molecule has 2 aliphatic rings. The Morgan fingerprint density at radius 2 is 1.79 bits per heavy atom. The molecule has 1 aromatic carbocycles. The van der Waals surface area contributed by atoms with E-state index in [2.05, 4.69) is 29.9 Å². The molecule has 1 atom stereocenters. The van der Waals surface area contributed by atoms with E-state index in [1.165, 1.54) is 35.9 Å². The number of anilines is 3. The minimum atomic E-state index is -4.25. The zero-order valence-electron chi connectivity index (χ0n) is 20.7. The van der Waals surface area contributed by atoms with Crippen molar-refractivity contribution in [1.82, 2.24) is 30.2 Å². The molecule has 15 nitrogen and oxygen atoms in total. The van der Waals surface area contributed by atoms with Gasteiger partial charge >= 0.3 is 6.03 Å². The molecule has 0 spiro atoms. The van der Waals surface area contributed by atoms with Gasteiger partial charge in [0.1, 0.15) is 5.82 Å². The van der Waals surface area contributed by atoms with E-state index in [4.69, 9.17) is 5.73 Å². The van der Waals surface area contributed by atoms with Crippen LogP contribution >= 0.6 is 0 Å². The molecule has 1 saturated heterocycles. The summed E-state index contributed by atoms with van der Waals surface area (Å²) in [6, 6.07) is 10.7. The van der Waals surface area contributed by atoms with Crippen LogP contribution in [0, 0.1) is 0 Å². The Kier molecular flexibility index (Phi) is 6.69. The maximum atomic E-state index is 13.1. The lowest BCUT2D eigenvalue weighted by molar-refractivity contribution is -0.118. The zero-order valence-corrected chi connectivity index (χ0v) is 21.5. The molecule has 1 unspecified atom stereocenters. The minimum absolute atomic E-state index is 0.0127. The van der Waals surface area contributed by atoms with Gasteiger partial charge in [0.2, 0.25) is 10.0 Å². The van der Waals surface area contributed by atoms with Gasteiger partial charge < -0.3 is 15.5 Å². The number of carbonyl (C=O) groups is 3. The normalized spacial score (nSPS) is 18.0. The fraction of sp³-hybridized carbons (Fsp3) is 0.261. The van der Waals surface area contributed by atoms with Crippen molar-refractivity contribution in [1.29, 1.82) is 0 Å². The second-order valence-electron chi connectivity index (χ2n) is 8.82. The number of aliphatic imine (C=N–C) groups is 1. The number of nitrogens with one attached hydrogen (secondary N) is 2. The Hall–Kier alpha value is -4.86. The average molecular weight is 553 g/mol. The summed E-state index contributed by atoms with van der Waals surface area (Å²) in [6.07, 6.45) is 1.72. The van der Waals surface area contributed by atoms with Crippen molar-refractivity contribution >= 4 is 50.9 Å². The third-order valence-electron chi connectivity index (χ3n) is 6.26. The van der Waals surface area contributed by atoms with Crippen LogP contribution < -0.4 is 20.7 Å². The first-order valence-corrected chi connectivity index (χ1v) is 13.4. The van der Waals surface area contributed by atoms with Crippen molar-refractivity contribution in [3.8, 4) is 5.69 Å². The molecule has 4 amide bonds. The van der Waals surface area contributed by atoms with Gasteiger partial charge in [-0.25, -0.2) is 23.2 Å². The van der Waals surface area contributed by atoms with E-state index in [0.717, 1.165) is 5.82 Å². The molecule has 39 heavy (non-hydrogen) atoms. The first-order chi connectivity index (χ1) is 18.6. The van der Waals surface area contributed by atoms with Crippen LogP contribution in [0.15, 0.2) is 53.7 Å². The molecule has 4 heterocycles. The van der Waals surface area contributed by atoms with Gasteiger partial charge in [0.15, 0.2) is 16.8 Å². The molecule has 2 aliphatic heterocycles. The standard InChI is InChI=1S/C23H24N10O5S/c1-14-19(21(34)27-23(36)26-14)39(37,38)29-15-5-7-16(8-6-15)33-20(24)18(28-30-33)22(35)32-12-10-31(11-13-32)17-4-2-3-9-25-17/h2-9,19,29H,10-13,24H2,1H3,(H,27,34,36). The highest BCUT2D eigenvalue weighted by Gasteiger charge is 2.39. The number of hydrogen-bond donors (Lipinski definition) is 3. The summed E-state index contributed by atoms with van der Waals surface area (Å²) >= 11 is 0. The number of piperazine rings is 1. The largest absolute Gasteiger partial charge is 0.382 e. The lowest BCUT2D eigenvalue weighted by Gasteiger charge is -2.35. The summed E-state index contributed by atoms with van der Waals surface area (Å²) in [5, 5.41) is 8.22. The average Bonchev–Trinajstić information content (AvgIpc) is 3.29. The van der Waals surface area contributed by atoms with Crippen LogP contribution in [0.5, 0.6) is 0 Å². The fourth-order valence-electron chi connectivity index (χ4n) is 4.33. The van der Waals surface area contributed by atoms with Crippen LogP contribution in [-0.4, -0.2) is 88.3 Å². The highest BCUT2D eigenvalue weighted by molar-refractivity contribution is 7.94. The number of carbonyl (C=O) groups excluding carboxylic acids is 3. The highest BCUT2D eigenvalue weighted by Crippen LogP contribution is 2.22. The number of benzene rings is 1. The number of sulfonamides is 1. The Bertz CT molecular complexity index is 1560. The molecule has 0 bridgehead atoms. The van der Waals surface area contributed by atoms with Gasteiger partial charge in [-0.15, -0.1) is 5.10 Å². The van der Waals surface area contributed by atoms with E-state index < -0.39 is 27.2 Å². The second-order valence-corrected chi connectivity index (χ2v) is 10.6. The van der Waals surface area contributed by atoms with Crippen molar-refractivity contribution in [2.24, 2.45) is 4.99 Å². The molecule has 0 radical (unpaired) electrons. The molecule has 202 valence electrons. The third-order valence-corrected chi connectivity index (χ3v) is 7.95. The Balaban J connectivity index is 1.26. The van der Waals surface area contributed by atoms with Crippen LogP contribution in [0.3, 0.4) is 0 Å². The topological polar surface area (TPSA) is 198 Å². The number of aromatic nitrogens is 4. The van der Waals surface area contributed by atoms with E-state index in [1.54, 1.807) is 11.1 Å². The number of nitrogen functional groups attached to an aromatic ring is 1. The number of nitrogens with zero attached hydrogens (tertiary/aromatic N) is 7. The lowest BCUT2D eigenvalue weighted by Crippen LogP contribution is -2.51. The molecular weight excluding hydrogens is 528 g/mol. The summed E-state index contributed by atoms with van der Waals surface area (Å²) in [5.41, 5.74) is 6.67. The number of amides is 4. The second kappa shape index (κ2) is 10.1. The quantitative estimate of drug-likeness (QED) is 0.375. The first-order valence-electron chi connectivity index (χ1n) is 11.8. The van der Waals surface area contributed by atoms with Crippen LogP contribution in [0.1, 0.15) is 17.4 Å². The van der Waals surface area contributed by atoms with Crippen molar-refractivity contribution in [2.45, 2.75) is 12.2 Å². The van der Waals surface area contributed by atoms with Gasteiger partial charge in [-0.1, -0.05) is 11.3 Å². The van der Waals surface area contributed by atoms with E-state index in [0.29, 0.717) is 31.9 Å². The molecule has 1 fully saturated rings. The molecular formula is C23H24N10O5S. The van der Waals surface area contributed by atoms with E-state index >= 15 is 0 Å². The summed E-state index contributed by atoms with van der Waals surface area (Å²) < 4.78 is 29.1. The van der Waals surface area contributed by atoms with Gasteiger partial charge in [0, 0.05) is 38.1 Å². The molecule has 0 aliphatic carbocycles. The van der Waals surface area contributed by atoms with Crippen LogP contribution in [0.25, 0.3) is 5.69 Å². The Morgan fingerprint density at radius 3 is 2.44 bits per heavy atom. The molecule has 2 aromatic heterocycles. The van der Waals surface area contributed by atoms with E-state index in [9.17, 15) is 22.8 Å². The van der Waals surface area contributed by atoms with Crippen LogP contribution in [0.4, 0.5) is 22.1 Å². The highest BCUT2D eigenvalue weighted by atomic mass is 32.2. The Morgan fingerprint density at radius 1 is 1.08 bits per heavy atom. The van der Waals surface area contributed by atoms with E-state index in [1.807, 2.05) is 23.5 Å². The SMILES string of the molecule is CC1=NC(=O)NC(=O)C1S(=O)(=O)Nc1ccc(-n2nnc(C(=O)N3CCN(c4ccccn4)CC3)c2N)cc1. The molecule has 4 N–H and O–H groups in total. The zero-order chi connectivity index (χ0) is 27.7. The van der Waals surface area contributed by atoms with Gasteiger partial charge in [-0.05, 0) is 43.3 Å². The van der Waals surface area contributed by atoms with Gasteiger partial charge in [-0.2, -0.15) is 4.68 Å². The number of nitrogens with two attached hydrogens (primary N) is 1. The molecule has 3 aromatic rings. The van der Waals surface area contributed by atoms with Crippen molar-refractivity contribution < 1.29 is 22.8 Å². The van der Waals surface area contributed by atoms with Crippen molar-refractivity contribution in [2.75, 3.05) is 41.5 Å². The molecule has 5 rings (SSSR count). The van der Waals surface area contributed by atoms with Crippen LogP contribution in [-0.2, 0) is 14.8 Å². The third kappa shape index (κ3) is 5.13. The summed E-state index contributed by atoms with van der Waals surface area (Å²) in [4.78, 5) is 48.1. The smallest absolute Gasteiger partial charge is 0.347 e. The first kappa shape index (κ1) is 25.8. The summed E-state index contributed by atoms with van der Waals surface area (Å²) in [7, 11) is -4.25. The molecule has 0 saturated carbocycles. The number of imide groups is 1. The number of rotatable bonds is 6. The molecule has 16 heteroatoms. The van der Waals surface area contributed by atoms with E-state index in [-0.39, 0.29) is 28.8 Å². The summed E-state index contributed by atoms with van der Waals surface area (Å²) in [5.74, 6) is -0.440. The fourth-order valence-corrected chi connectivity index (χ4v) is 5.75. The summed E-state index contributed by atoms with van der Waals surface area (Å²) in [6.45, 7) is 3.44. The lowest BCUT2D eigenvalue weighted by atomic mass is 10.2. The van der Waals surface area contributed by atoms with Crippen molar-refractivity contribution in [3.05, 3.63) is 54.4 Å². The number of urea groups is 1. The van der Waals surface area contributed by atoms with Gasteiger partial charge in [0.25, 0.3) is 11.8 Å².